The van der Waals surface area contributed by atoms with Crippen LogP contribution in [-0.2, 0) is 25.4 Å². The molecule has 4 rings (SSSR count). The number of nitrogens with zero attached hydrogens (tertiary/aromatic N) is 2. The molecule has 0 bridgehead atoms. The molecule has 2 fully saturated rings. The van der Waals surface area contributed by atoms with E-state index in [2.05, 4.69) is 0 Å². The van der Waals surface area contributed by atoms with Crippen LogP contribution < -0.4 is 4.90 Å². The van der Waals surface area contributed by atoms with Gasteiger partial charge in [0, 0.05) is 0 Å². The van der Waals surface area contributed by atoms with Gasteiger partial charge in [-0.05, 0) is 18.4 Å². The van der Waals surface area contributed by atoms with Gasteiger partial charge < -0.3 is 4.90 Å². The van der Waals surface area contributed by atoms with Gasteiger partial charge in [-0.3, -0.25) is 9.59 Å². The quantitative estimate of drug-likeness (QED) is 0.536. The molecule has 2 amide bonds. The van der Waals surface area contributed by atoms with E-state index in [0.29, 0.717) is 45.7 Å². The van der Waals surface area contributed by atoms with Crippen LogP contribution in [0.4, 0.5) is 0 Å². The number of nitrogens with one attached hydrogen (secondary N) is 1. The first-order chi connectivity index (χ1) is 13.5. The molecule has 1 aromatic carbocycles. The number of allylic oxidation sites excluding steroid dienone is 2. The van der Waals surface area contributed by atoms with E-state index in [9.17, 15) is 18.0 Å². The van der Waals surface area contributed by atoms with Gasteiger partial charge in [-0.15, -0.1) is 0 Å². The van der Waals surface area contributed by atoms with Crippen molar-refractivity contribution in [3.63, 3.8) is 0 Å². The van der Waals surface area contributed by atoms with Crippen molar-refractivity contribution in [1.82, 2.24) is 9.21 Å². The molecule has 2 aliphatic heterocycles. The van der Waals surface area contributed by atoms with Crippen LogP contribution in [0.3, 0.4) is 0 Å². The van der Waals surface area contributed by atoms with E-state index in [1.165, 1.54) is 9.21 Å². The van der Waals surface area contributed by atoms with Crippen LogP contribution in [0, 0.1) is 11.8 Å². The molecule has 0 unspecified atom stereocenters. The third-order valence-corrected chi connectivity index (χ3v) is 7.85. The van der Waals surface area contributed by atoms with Gasteiger partial charge in [-0.2, -0.15) is 4.31 Å². The fraction of sp³-hybridized carbons (Fsp3) is 0.500. The van der Waals surface area contributed by atoms with Crippen LogP contribution in [0.2, 0.25) is 0 Å². The predicted molar refractivity (Wildman–Crippen MR) is 103 cm³/mol. The number of piperazine rings is 1. The van der Waals surface area contributed by atoms with Crippen LogP contribution in [0.5, 0.6) is 0 Å². The number of rotatable bonds is 5. The van der Waals surface area contributed by atoms with Crippen LogP contribution in [0.15, 0.2) is 42.5 Å². The largest absolute Gasteiger partial charge is 0.315 e. The van der Waals surface area contributed by atoms with E-state index in [-0.39, 0.29) is 29.4 Å². The summed E-state index contributed by atoms with van der Waals surface area (Å²) < 4.78 is 26.9. The average molecular weight is 405 g/mol. The molecule has 0 spiro atoms. The summed E-state index contributed by atoms with van der Waals surface area (Å²) >= 11 is 0. The van der Waals surface area contributed by atoms with Gasteiger partial charge in [0.05, 0.1) is 43.8 Å². The first-order valence-corrected chi connectivity index (χ1v) is 11.4. The summed E-state index contributed by atoms with van der Waals surface area (Å²) in [6.07, 6.45) is 5.26. The Morgan fingerprint density at radius 2 is 1.50 bits per heavy atom. The minimum atomic E-state index is -3.36. The predicted octanol–water partition coefficient (Wildman–Crippen LogP) is -0.374. The van der Waals surface area contributed by atoms with Crippen molar-refractivity contribution < 1.29 is 22.9 Å². The number of amides is 2. The van der Waals surface area contributed by atoms with Crippen molar-refractivity contribution in [2.24, 2.45) is 11.8 Å². The van der Waals surface area contributed by atoms with E-state index in [1.54, 1.807) is 0 Å². The van der Waals surface area contributed by atoms with Gasteiger partial charge in [0.15, 0.2) is 6.67 Å². The average Bonchev–Trinajstić information content (AvgIpc) is 2.94. The molecule has 0 radical (unpaired) electrons. The fourth-order valence-electron chi connectivity index (χ4n) is 4.36. The molecule has 2 atom stereocenters. The second-order valence-electron chi connectivity index (χ2n) is 7.81. The van der Waals surface area contributed by atoms with Crippen LogP contribution >= 0.6 is 0 Å². The van der Waals surface area contributed by atoms with Crippen molar-refractivity contribution in [2.75, 3.05) is 32.8 Å². The highest BCUT2D eigenvalue weighted by Crippen LogP contribution is 2.34. The maximum absolute atomic E-state index is 12.7. The molecule has 28 heavy (non-hydrogen) atoms. The van der Waals surface area contributed by atoms with Crippen LogP contribution in [-0.4, -0.2) is 62.3 Å². The van der Waals surface area contributed by atoms with Gasteiger partial charge in [-0.25, -0.2) is 13.3 Å². The van der Waals surface area contributed by atoms with Crippen molar-refractivity contribution in [2.45, 2.75) is 18.6 Å². The van der Waals surface area contributed by atoms with Gasteiger partial charge in [0.25, 0.3) is 0 Å². The smallest absolute Gasteiger partial charge is 0.237 e. The summed E-state index contributed by atoms with van der Waals surface area (Å²) in [5, 5.41) is 0. The summed E-state index contributed by atoms with van der Waals surface area (Å²) in [5.41, 5.74) is 0.779. The Labute approximate surface area is 165 Å². The highest BCUT2D eigenvalue weighted by atomic mass is 32.2. The Morgan fingerprint density at radius 3 is 2.07 bits per heavy atom. The lowest BCUT2D eigenvalue weighted by Crippen LogP contribution is -3.16. The van der Waals surface area contributed by atoms with E-state index >= 15 is 0 Å². The Hall–Kier alpha value is -2.03. The SMILES string of the molecule is O=C1[C@@H]2CC=CC[C@H]2C(=O)N1C[NH+]1CCN(S(=O)(=O)Cc2ccccc2)CC1. The molecule has 2 heterocycles. The third-order valence-electron chi connectivity index (χ3n) is 6.00. The van der Waals surface area contributed by atoms with Crippen molar-refractivity contribution in [3.8, 4) is 0 Å². The third kappa shape index (κ3) is 3.76. The number of sulfonamides is 1. The lowest BCUT2D eigenvalue weighted by atomic mass is 9.85. The van der Waals surface area contributed by atoms with Crippen molar-refractivity contribution in [1.29, 1.82) is 0 Å². The molecule has 2 saturated heterocycles. The number of quaternary nitrogens is 1. The number of carbonyl (C=O) groups excluding carboxylic acids is 2. The summed E-state index contributed by atoms with van der Waals surface area (Å²) in [7, 11) is -3.36. The summed E-state index contributed by atoms with van der Waals surface area (Å²) in [6, 6.07) is 9.18. The Morgan fingerprint density at radius 1 is 0.929 bits per heavy atom. The van der Waals surface area contributed by atoms with E-state index < -0.39 is 10.0 Å². The Bertz CT molecular complexity index is 850. The molecule has 1 aromatic rings. The number of carbonyl (C=O) groups is 2. The number of imide groups is 1. The first-order valence-electron chi connectivity index (χ1n) is 9.81. The molecule has 0 saturated carbocycles. The van der Waals surface area contributed by atoms with Gasteiger partial charge in [0.2, 0.25) is 21.8 Å². The van der Waals surface area contributed by atoms with Crippen molar-refractivity contribution in [3.05, 3.63) is 48.0 Å². The molecule has 1 aliphatic carbocycles. The molecular weight excluding hydrogens is 378 g/mol. The number of hydrogen-bond donors (Lipinski definition) is 1. The zero-order valence-electron chi connectivity index (χ0n) is 15.8. The Balaban J connectivity index is 1.33. The highest BCUT2D eigenvalue weighted by Gasteiger charge is 2.48. The highest BCUT2D eigenvalue weighted by molar-refractivity contribution is 7.88. The summed E-state index contributed by atoms with van der Waals surface area (Å²) in [4.78, 5) is 27.7. The molecule has 3 aliphatic rings. The zero-order valence-corrected chi connectivity index (χ0v) is 16.6. The summed E-state index contributed by atoms with van der Waals surface area (Å²) in [5.74, 6) is -0.534. The second kappa shape index (κ2) is 7.77. The normalized spacial score (nSPS) is 26.6. The van der Waals surface area contributed by atoms with Gasteiger partial charge >= 0.3 is 0 Å². The zero-order chi connectivity index (χ0) is 19.7. The molecular formula is C20H26N3O4S+. The maximum atomic E-state index is 12.7. The maximum Gasteiger partial charge on any atom is 0.237 e. The minimum Gasteiger partial charge on any atom is -0.315 e. The van der Waals surface area contributed by atoms with Crippen LogP contribution in [0.1, 0.15) is 18.4 Å². The molecule has 0 aromatic heterocycles. The Kier molecular flexibility index (Phi) is 5.35. The number of likely N-dealkylation sites (tertiary alicyclic amines) is 1. The standard InChI is InChI=1S/C20H25N3O4S/c24-19-17-8-4-5-9-18(17)20(25)23(19)15-21-10-12-22(13-11-21)28(26,27)14-16-6-2-1-3-7-16/h1-7,17-18H,8-15H2/p+1/t17-,18-/m1/s1. The minimum absolute atomic E-state index is 0.00261. The number of hydrogen-bond acceptors (Lipinski definition) is 4. The lowest BCUT2D eigenvalue weighted by molar-refractivity contribution is -0.910. The number of fused-ring (bicyclic) bond motifs is 1. The molecule has 1 N–H and O–H groups in total. The lowest BCUT2D eigenvalue weighted by Gasteiger charge is -2.33. The molecule has 150 valence electrons. The molecule has 7 nitrogen and oxygen atoms in total. The van der Waals surface area contributed by atoms with E-state index in [1.807, 2.05) is 42.5 Å². The number of benzene rings is 1. The summed E-state index contributed by atoms with van der Waals surface area (Å²) in [6.45, 7) is 2.36. The van der Waals surface area contributed by atoms with E-state index in [4.69, 9.17) is 0 Å². The topological polar surface area (TPSA) is 79.2 Å². The van der Waals surface area contributed by atoms with Crippen molar-refractivity contribution >= 4 is 21.8 Å². The fourth-order valence-corrected chi connectivity index (χ4v) is 5.90. The van der Waals surface area contributed by atoms with Gasteiger partial charge in [0.1, 0.15) is 0 Å². The van der Waals surface area contributed by atoms with Crippen LogP contribution in [0.25, 0.3) is 0 Å². The van der Waals surface area contributed by atoms with Gasteiger partial charge in [-0.1, -0.05) is 42.5 Å². The van der Waals surface area contributed by atoms with E-state index in [0.717, 1.165) is 10.5 Å². The first kappa shape index (κ1) is 19.3. The molecule has 8 heteroatoms. The monoisotopic (exact) mass is 404 g/mol. The second-order valence-corrected chi connectivity index (χ2v) is 9.78.